The van der Waals surface area contributed by atoms with Gasteiger partial charge in [0.1, 0.15) is 18.6 Å². The first-order valence-corrected chi connectivity index (χ1v) is 8.95. The Morgan fingerprint density at radius 3 is 1.64 bits per heavy atom. The molecule has 3 aliphatic rings. The van der Waals surface area contributed by atoms with E-state index in [0.29, 0.717) is 11.8 Å². The van der Waals surface area contributed by atoms with Gasteiger partial charge in [-0.15, -0.1) is 0 Å². The van der Waals surface area contributed by atoms with Crippen molar-refractivity contribution in [2.75, 3.05) is 13.2 Å². The Bertz CT molecular complexity index is 426. The maximum atomic E-state index is 6.07. The summed E-state index contributed by atoms with van der Waals surface area (Å²) in [5.74, 6) is 2.86. The van der Waals surface area contributed by atoms with Crippen molar-refractivity contribution in [1.29, 1.82) is 0 Å². The van der Waals surface area contributed by atoms with Gasteiger partial charge in [-0.25, -0.2) is 9.98 Å². The first-order chi connectivity index (χ1) is 10.5. The van der Waals surface area contributed by atoms with Gasteiger partial charge in [-0.1, -0.05) is 47.0 Å². The van der Waals surface area contributed by atoms with Crippen LogP contribution in [-0.4, -0.2) is 37.1 Å². The van der Waals surface area contributed by atoms with Crippen LogP contribution in [0.4, 0.5) is 0 Å². The second kappa shape index (κ2) is 6.21. The zero-order valence-electron chi connectivity index (χ0n) is 14.5. The fourth-order valence-corrected chi connectivity index (χ4v) is 3.66. The molecule has 0 aromatic heterocycles. The van der Waals surface area contributed by atoms with Gasteiger partial charge in [0.25, 0.3) is 0 Å². The van der Waals surface area contributed by atoms with E-state index < -0.39 is 0 Å². The fraction of sp³-hybridized carbons (Fsp3) is 0.889. The molecule has 3 rings (SSSR count). The highest BCUT2D eigenvalue weighted by molar-refractivity contribution is 6.06. The summed E-state index contributed by atoms with van der Waals surface area (Å²) in [5, 5.41) is 0. The summed E-state index contributed by atoms with van der Waals surface area (Å²) in [6.07, 6.45) is 5.86. The molecule has 0 N–H and O–H groups in total. The lowest BCUT2D eigenvalue weighted by Crippen LogP contribution is -2.41. The summed E-state index contributed by atoms with van der Waals surface area (Å²) in [6.45, 7) is 10.3. The molecule has 0 radical (unpaired) electrons. The SMILES string of the molecule is CC(C)[C@H]1COC(C2(C3=N[C@@H](C(C)C)CO3)CCCCC2)=N1. The molecular weight excluding hydrogens is 276 g/mol. The average molecular weight is 306 g/mol. The van der Waals surface area contributed by atoms with Crippen LogP contribution < -0.4 is 0 Å². The van der Waals surface area contributed by atoms with Crippen LogP contribution in [-0.2, 0) is 9.47 Å². The van der Waals surface area contributed by atoms with E-state index in [1.165, 1.54) is 19.3 Å². The van der Waals surface area contributed by atoms with Gasteiger partial charge >= 0.3 is 0 Å². The van der Waals surface area contributed by atoms with Gasteiger partial charge in [0.05, 0.1) is 12.1 Å². The Kier molecular flexibility index (Phi) is 4.47. The highest BCUT2D eigenvalue weighted by atomic mass is 16.5. The fourth-order valence-electron chi connectivity index (χ4n) is 3.66. The minimum Gasteiger partial charge on any atom is -0.478 e. The van der Waals surface area contributed by atoms with E-state index in [0.717, 1.165) is 37.9 Å². The normalized spacial score (nSPS) is 31.0. The maximum Gasteiger partial charge on any atom is 0.199 e. The van der Waals surface area contributed by atoms with Crippen LogP contribution >= 0.6 is 0 Å². The molecule has 2 aliphatic heterocycles. The topological polar surface area (TPSA) is 43.2 Å². The second-order valence-corrected chi connectivity index (χ2v) is 7.76. The van der Waals surface area contributed by atoms with Crippen LogP contribution in [0.2, 0.25) is 0 Å². The molecule has 0 bridgehead atoms. The van der Waals surface area contributed by atoms with Crippen LogP contribution in [0.3, 0.4) is 0 Å². The first-order valence-electron chi connectivity index (χ1n) is 8.95. The van der Waals surface area contributed by atoms with Gasteiger partial charge in [0, 0.05) is 0 Å². The molecular formula is C18H30N2O2. The number of hydrogen-bond donors (Lipinski definition) is 0. The van der Waals surface area contributed by atoms with Gasteiger partial charge in [0.2, 0.25) is 0 Å². The van der Waals surface area contributed by atoms with Crippen molar-refractivity contribution >= 4 is 11.8 Å². The van der Waals surface area contributed by atoms with Crippen molar-refractivity contribution in [3.05, 3.63) is 0 Å². The lowest BCUT2D eigenvalue weighted by molar-refractivity contribution is 0.212. The molecule has 0 aromatic carbocycles. The zero-order valence-corrected chi connectivity index (χ0v) is 14.5. The Morgan fingerprint density at radius 1 is 0.818 bits per heavy atom. The molecule has 0 amide bonds. The van der Waals surface area contributed by atoms with Gasteiger partial charge in [-0.2, -0.15) is 0 Å². The summed E-state index contributed by atoms with van der Waals surface area (Å²) in [6, 6.07) is 0.577. The Morgan fingerprint density at radius 2 is 1.27 bits per heavy atom. The number of rotatable bonds is 4. The maximum absolute atomic E-state index is 6.07. The van der Waals surface area contributed by atoms with Crippen LogP contribution in [0.1, 0.15) is 59.8 Å². The standard InChI is InChI=1S/C18H30N2O2/c1-12(2)14-10-21-16(19-14)18(8-6-5-7-9-18)17-20-15(11-22-17)13(3)4/h12-15H,5-11H2,1-4H3/t14-,15-/m1/s1. The Balaban J connectivity index is 1.90. The number of aliphatic imine (C=N–C) groups is 2. The van der Waals surface area contributed by atoms with E-state index in [1.807, 2.05) is 0 Å². The van der Waals surface area contributed by atoms with Crippen LogP contribution in [0.25, 0.3) is 0 Å². The predicted molar refractivity (Wildman–Crippen MR) is 89.5 cm³/mol. The lowest BCUT2D eigenvalue weighted by Gasteiger charge is -2.35. The number of hydrogen-bond acceptors (Lipinski definition) is 4. The molecule has 1 aliphatic carbocycles. The third kappa shape index (κ3) is 2.77. The number of nitrogens with zero attached hydrogens (tertiary/aromatic N) is 2. The van der Waals surface area contributed by atoms with E-state index in [-0.39, 0.29) is 17.5 Å². The van der Waals surface area contributed by atoms with Crippen molar-refractivity contribution < 1.29 is 9.47 Å². The van der Waals surface area contributed by atoms with E-state index >= 15 is 0 Å². The van der Waals surface area contributed by atoms with Gasteiger partial charge in [-0.05, 0) is 24.7 Å². The molecule has 2 heterocycles. The third-order valence-electron chi connectivity index (χ3n) is 5.41. The van der Waals surface area contributed by atoms with Crippen molar-refractivity contribution in [3.8, 4) is 0 Å². The monoisotopic (exact) mass is 306 g/mol. The lowest BCUT2D eigenvalue weighted by atomic mass is 9.73. The summed E-state index contributed by atoms with van der Waals surface area (Å²) < 4.78 is 12.1. The van der Waals surface area contributed by atoms with Gasteiger partial charge in [0.15, 0.2) is 11.8 Å². The van der Waals surface area contributed by atoms with Crippen molar-refractivity contribution in [2.24, 2.45) is 27.2 Å². The van der Waals surface area contributed by atoms with E-state index in [9.17, 15) is 0 Å². The van der Waals surface area contributed by atoms with Crippen LogP contribution in [0.15, 0.2) is 9.98 Å². The molecule has 124 valence electrons. The Hall–Kier alpha value is -1.06. The number of ether oxygens (including phenoxy) is 2. The van der Waals surface area contributed by atoms with E-state index in [4.69, 9.17) is 19.5 Å². The van der Waals surface area contributed by atoms with Gasteiger partial charge in [-0.3, -0.25) is 0 Å². The first kappa shape index (κ1) is 15.8. The summed E-state index contributed by atoms with van der Waals surface area (Å²) in [4.78, 5) is 9.86. The summed E-state index contributed by atoms with van der Waals surface area (Å²) >= 11 is 0. The zero-order chi connectivity index (χ0) is 15.7. The highest BCUT2D eigenvalue weighted by Crippen LogP contribution is 2.43. The average Bonchev–Trinajstić information content (AvgIpc) is 3.18. The van der Waals surface area contributed by atoms with Crippen LogP contribution in [0.5, 0.6) is 0 Å². The second-order valence-electron chi connectivity index (χ2n) is 7.76. The molecule has 4 nitrogen and oxygen atoms in total. The van der Waals surface area contributed by atoms with E-state index in [2.05, 4.69) is 27.7 Å². The quantitative estimate of drug-likeness (QED) is 0.792. The third-order valence-corrected chi connectivity index (χ3v) is 5.41. The van der Waals surface area contributed by atoms with Crippen molar-refractivity contribution in [3.63, 3.8) is 0 Å². The molecule has 0 spiro atoms. The minimum atomic E-state index is -0.175. The molecule has 1 fully saturated rings. The molecule has 4 heteroatoms. The highest BCUT2D eigenvalue weighted by Gasteiger charge is 2.49. The Labute approximate surface area is 134 Å². The molecule has 1 saturated carbocycles. The molecule has 0 saturated heterocycles. The molecule has 2 atom stereocenters. The molecule has 0 aromatic rings. The summed E-state index contributed by atoms with van der Waals surface area (Å²) in [7, 11) is 0. The molecule has 0 unspecified atom stereocenters. The van der Waals surface area contributed by atoms with E-state index in [1.54, 1.807) is 0 Å². The van der Waals surface area contributed by atoms with Crippen molar-refractivity contribution in [1.82, 2.24) is 0 Å². The minimum absolute atomic E-state index is 0.175. The van der Waals surface area contributed by atoms with Gasteiger partial charge < -0.3 is 9.47 Å². The predicted octanol–water partition coefficient (Wildman–Crippen LogP) is 3.84. The molecule has 22 heavy (non-hydrogen) atoms. The largest absolute Gasteiger partial charge is 0.478 e. The van der Waals surface area contributed by atoms with Crippen LogP contribution in [0, 0.1) is 17.3 Å². The summed E-state index contributed by atoms with van der Waals surface area (Å²) in [5.41, 5.74) is -0.175. The smallest absolute Gasteiger partial charge is 0.199 e. The van der Waals surface area contributed by atoms with Crippen molar-refractivity contribution in [2.45, 2.75) is 71.9 Å².